The Morgan fingerprint density at radius 3 is 2.61 bits per heavy atom. The standard InChI is InChI=1S/C24H28N4O2S/c29-21-9-3-2-8-20(21)27-14-12-26(13-15-27)17-23(30)28-11-5-6-18(16-28)24-25-19-7-1-4-10-22(19)31-24/h1-4,7-10,18,29H,5-6,11-17H2. The SMILES string of the molecule is O=C(CN1CCN(c2ccccc2O)CC1)N1CCCC(c2nc3ccccc3s2)C1. The van der Waals surface area contributed by atoms with Gasteiger partial charge in [-0.15, -0.1) is 11.3 Å². The summed E-state index contributed by atoms with van der Waals surface area (Å²) in [6.45, 7) is 5.39. The number of hydrogen-bond donors (Lipinski definition) is 1. The van der Waals surface area contributed by atoms with Crippen molar-refractivity contribution < 1.29 is 9.90 Å². The zero-order valence-corrected chi connectivity index (χ0v) is 18.4. The van der Waals surface area contributed by atoms with E-state index in [4.69, 9.17) is 4.98 Å². The number of benzene rings is 2. The zero-order chi connectivity index (χ0) is 21.2. The van der Waals surface area contributed by atoms with Crippen LogP contribution in [-0.4, -0.2) is 71.6 Å². The Bertz CT molecular complexity index is 1030. The molecule has 6 nitrogen and oxygen atoms in total. The second-order valence-electron chi connectivity index (χ2n) is 8.45. The number of carbonyl (C=O) groups is 1. The van der Waals surface area contributed by atoms with Crippen molar-refractivity contribution in [2.75, 3.05) is 50.7 Å². The number of hydrogen-bond acceptors (Lipinski definition) is 6. The lowest BCUT2D eigenvalue weighted by molar-refractivity contribution is -0.133. The molecule has 2 aliphatic heterocycles. The summed E-state index contributed by atoms with van der Waals surface area (Å²) < 4.78 is 1.23. The third-order valence-electron chi connectivity index (χ3n) is 6.39. The molecule has 0 radical (unpaired) electrons. The summed E-state index contributed by atoms with van der Waals surface area (Å²) in [6.07, 6.45) is 2.14. The van der Waals surface area contributed by atoms with E-state index in [1.54, 1.807) is 17.4 Å². The molecule has 3 heterocycles. The van der Waals surface area contributed by atoms with Gasteiger partial charge in [0.15, 0.2) is 0 Å². The van der Waals surface area contributed by atoms with Crippen molar-refractivity contribution in [3.8, 4) is 5.75 Å². The third-order valence-corrected chi connectivity index (χ3v) is 7.59. The number of rotatable bonds is 4. The lowest BCUT2D eigenvalue weighted by Crippen LogP contribution is -2.51. The Kier molecular flexibility index (Phi) is 5.78. The maximum atomic E-state index is 13.0. The van der Waals surface area contributed by atoms with Crippen LogP contribution in [0.25, 0.3) is 10.2 Å². The quantitative estimate of drug-likeness (QED) is 0.678. The number of carbonyl (C=O) groups excluding carboxylic acids is 1. The van der Waals surface area contributed by atoms with Crippen molar-refractivity contribution in [3.63, 3.8) is 0 Å². The molecule has 0 bridgehead atoms. The number of aromatic hydroxyl groups is 1. The zero-order valence-electron chi connectivity index (χ0n) is 17.6. The molecule has 5 rings (SSSR count). The van der Waals surface area contributed by atoms with Crippen LogP contribution in [0.4, 0.5) is 5.69 Å². The molecule has 7 heteroatoms. The Labute approximate surface area is 186 Å². The normalized spacial score (nSPS) is 20.3. The van der Waals surface area contributed by atoms with Crippen molar-refractivity contribution in [3.05, 3.63) is 53.5 Å². The molecule has 1 atom stereocenters. The predicted molar refractivity (Wildman–Crippen MR) is 125 cm³/mol. The van der Waals surface area contributed by atoms with E-state index in [2.05, 4.69) is 28.0 Å². The number of phenols is 1. The fraction of sp³-hybridized carbons (Fsp3) is 0.417. The summed E-state index contributed by atoms with van der Waals surface area (Å²) in [6, 6.07) is 15.7. The van der Waals surface area contributed by atoms with Crippen LogP contribution in [0, 0.1) is 0 Å². The van der Waals surface area contributed by atoms with Crippen LogP contribution >= 0.6 is 11.3 Å². The number of anilines is 1. The number of thiazole rings is 1. The summed E-state index contributed by atoms with van der Waals surface area (Å²) >= 11 is 1.77. The molecule has 31 heavy (non-hydrogen) atoms. The second kappa shape index (κ2) is 8.85. The Hall–Kier alpha value is -2.64. The fourth-order valence-corrected chi connectivity index (χ4v) is 5.73. The van der Waals surface area contributed by atoms with E-state index in [0.717, 1.165) is 68.3 Å². The van der Waals surface area contributed by atoms with Gasteiger partial charge < -0.3 is 14.9 Å². The Morgan fingerprint density at radius 2 is 1.81 bits per heavy atom. The van der Waals surface area contributed by atoms with E-state index in [1.165, 1.54) is 4.70 Å². The largest absolute Gasteiger partial charge is 0.506 e. The summed E-state index contributed by atoms with van der Waals surface area (Å²) in [7, 11) is 0. The van der Waals surface area contributed by atoms with Crippen molar-refractivity contribution >= 4 is 33.1 Å². The molecule has 2 saturated heterocycles. The molecule has 2 aromatic carbocycles. The van der Waals surface area contributed by atoms with E-state index in [0.29, 0.717) is 18.2 Å². The smallest absolute Gasteiger partial charge is 0.236 e. The minimum absolute atomic E-state index is 0.224. The van der Waals surface area contributed by atoms with Gasteiger partial charge in [0.2, 0.25) is 5.91 Å². The summed E-state index contributed by atoms with van der Waals surface area (Å²) in [4.78, 5) is 24.3. The first kappa shape index (κ1) is 20.3. The van der Waals surface area contributed by atoms with E-state index in [9.17, 15) is 9.90 Å². The van der Waals surface area contributed by atoms with Crippen LogP contribution in [0.2, 0.25) is 0 Å². The van der Waals surface area contributed by atoms with Crippen molar-refractivity contribution in [2.24, 2.45) is 0 Å². The highest BCUT2D eigenvalue weighted by atomic mass is 32.1. The van der Waals surface area contributed by atoms with Crippen molar-refractivity contribution in [1.82, 2.24) is 14.8 Å². The van der Waals surface area contributed by atoms with Gasteiger partial charge in [-0.1, -0.05) is 24.3 Å². The summed E-state index contributed by atoms with van der Waals surface area (Å²) in [5, 5.41) is 11.3. The van der Waals surface area contributed by atoms with Gasteiger partial charge in [-0.2, -0.15) is 0 Å². The van der Waals surface area contributed by atoms with E-state index < -0.39 is 0 Å². The number of piperidine rings is 1. The van der Waals surface area contributed by atoms with Gasteiger partial charge in [-0.3, -0.25) is 9.69 Å². The molecule has 162 valence electrons. The van der Waals surface area contributed by atoms with Gasteiger partial charge in [0.05, 0.1) is 27.5 Å². The highest BCUT2D eigenvalue weighted by molar-refractivity contribution is 7.18. The van der Waals surface area contributed by atoms with Gasteiger partial charge >= 0.3 is 0 Å². The van der Waals surface area contributed by atoms with Gasteiger partial charge in [-0.05, 0) is 37.1 Å². The molecule has 1 aromatic heterocycles. The highest BCUT2D eigenvalue weighted by Crippen LogP contribution is 2.33. The molecule has 2 aliphatic rings. The van der Waals surface area contributed by atoms with Crippen molar-refractivity contribution in [2.45, 2.75) is 18.8 Å². The van der Waals surface area contributed by atoms with E-state index in [1.807, 2.05) is 29.2 Å². The van der Waals surface area contributed by atoms with Crippen LogP contribution in [0.5, 0.6) is 5.75 Å². The third kappa shape index (κ3) is 4.38. The number of aromatic nitrogens is 1. The first-order valence-electron chi connectivity index (χ1n) is 11.1. The van der Waals surface area contributed by atoms with E-state index in [-0.39, 0.29) is 5.91 Å². The Balaban J connectivity index is 1.17. The second-order valence-corrected chi connectivity index (χ2v) is 9.51. The molecule has 3 aromatic rings. The minimum atomic E-state index is 0.224. The average molecular weight is 437 g/mol. The molecule has 0 aliphatic carbocycles. The highest BCUT2D eigenvalue weighted by Gasteiger charge is 2.28. The monoisotopic (exact) mass is 436 g/mol. The number of nitrogens with zero attached hydrogens (tertiary/aromatic N) is 4. The molecule has 0 saturated carbocycles. The maximum absolute atomic E-state index is 13.0. The van der Waals surface area contributed by atoms with Crippen LogP contribution in [0.15, 0.2) is 48.5 Å². The van der Waals surface area contributed by atoms with Crippen molar-refractivity contribution in [1.29, 1.82) is 0 Å². The number of amides is 1. The van der Waals surface area contributed by atoms with Crippen LogP contribution in [0.1, 0.15) is 23.8 Å². The summed E-state index contributed by atoms with van der Waals surface area (Å²) in [5.74, 6) is 0.885. The molecule has 1 N–H and O–H groups in total. The summed E-state index contributed by atoms with van der Waals surface area (Å²) in [5.41, 5.74) is 1.94. The van der Waals surface area contributed by atoms with Gasteiger partial charge in [-0.25, -0.2) is 4.98 Å². The first-order chi connectivity index (χ1) is 15.2. The van der Waals surface area contributed by atoms with Crippen LogP contribution in [0.3, 0.4) is 0 Å². The van der Waals surface area contributed by atoms with Gasteiger partial charge in [0.1, 0.15) is 5.75 Å². The lowest BCUT2D eigenvalue weighted by atomic mass is 9.98. The number of piperazine rings is 1. The number of phenolic OH excluding ortho intramolecular Hbond substituents is 1. The Morgan fingerprint density at radius 1 is 1.03 bits per heavy atom. The average Bonchev–Trinajstić information content (AvgIpc) is 3.25. The molecular formula is C24H28N4O2S. The number of likely N-dealkylation sites (tertiary alicyclic amines) is 1. The van der Waals surface area contributed by atoms with Gasteiger partial charge in [0.25, 0.3) is 0 Å². The van der Waals surface area contributed by atoms with Gasteiger partial charge in [0, 0.05) is 45.2 Å². The molecule has 0 spiro atoms. The first-order valence-corrected chi connectivity index (χ1v) is 11.9. The number of para-hydroxylation sites is 3. The maximum Gasteiger partial charge on any atom is 0.236 e. The molecule has 2 fully saturated rings. The lowest BCUT2D eigenvalue weighted by Gasteiger charge is -2.38. The predicted octanol–water partition coefficient (Wildman–Crippen LogP) is 3.53. The van der Waals surface area contributed by atoms with E-state index >= 15 is 0 Å². The number of fused-ring (bicyclic) bond motifs is 1. The van der Waals surface area contributed by atoms with Crippen LogP contribution in [-0.2, 0) is 4.79 Å². The van der Waals surface area contributed by atoms with Crippen LogP contribution < -0.4 is 4.90 Å². The molecule has 1 amide bonds. The molecule has 1 unspecified atom stereocenters. The minimum Gasteiger partial charge on any atom is -0.506 e. The fourth-order valence-electron chi connectivity index (χ4n) is 4.64. The topological polar surface area (TPSA) is 59.9 Å². The molecular weight excluding hydrogens is 408 g/mol.